The smallest absolute Gasteiger partial charge is 0.256 e. The van der Waals surface area contributed by atoms with Crippen LogP contribution in [0.5, 0.6) is 5.75 Å². The molecule has 5 heteroatoms. The molecule has 1 saturated heterocycles. The van der Waals surface area contributed by atoms with E-state index in [0.29, 0.717) is 24.9 Å². The molecule has 3 atom stereocenters. The van der Waals surface area contributed by atoms with Gasteiger partial charge in [0.2, 0.25) is 0 Å². The minimum absolute atomic E-state index is 0.0331. The Morgan fingerprint density at radius 2 is 2.05 bits per heavy atom. The van der Waals surface area contributed by atoms with Gasteiger partial charge in [-0.15, -0.1) is 0 Å². The monoisotopic (exact) mass is 278 g/mol. The fraction of sp³-hybridized carbons (Fsp3) is 0.533. The number of benzene rings is 1. The number of hydrogen-bond acceptors (Lipinski definition) is 3. The first-order valence-electron chi connectivity index (χ1n) is 7.08. The number of phenolic OH excluding ortho intramolecular Hbond substituents is 1. The number of likely N-dealkylation sites (tertiary alicyclic amines) is 1. The zero-order chi connectivity index (χ0) is 14.3. The highest BCUT2D eigenvalue weighted by atomic mass is 19.1. The van der Waals surface area contributed by atoms with Crippen molar-refractivity contribution in [3.05, 3.63) is 29.6 Å². The quantitative estimate of drug-likeness (QED) is 0.822. The van der Waals surface area contributed by atoms with Gasteiger partial charge in [-0.2, -0.15) is 0 Å². The van der Waals surface area contributed by atoms with Gasteiger partial charge in [0.15, 0.2) is 0 Å². The summed E-state index contributed by atoms with van der Waals surface area (Å²) in [6.45, 7) is 1.36. The first-order valence-corrected chi connectivity index (χ1v) is 7.08. The van der Waals surface area contributed by atoms with Crippen LogP contribution in [0.3, 0.4) is 0 Å². The number of carbonyl (C=O) groups excluding carboxylic acids is 1. The van der Waals surface area contributed by atoms with Gasteiger partial charge < -0.3 is 15.7 Å². The van der Waals surface area contributed by atoms with Crippen LogP contribution in [0, 0.1) is 17.7 Å². The van der Waals surface area contributed by atoms with Crippen molar-refractivity contribution in [3.8, 4) is 5.75 Å². The Hall–Kier alpha value is -1.62. The van der Waals surface area contributed by atoms with Crippen molar-refractivity contribution in [1.29, 1.82) is 0 Å². The summed E-state index contributed by atoms with van der Waals surface area (Å²) in [6, 6.07) is 3.90. The molecule has 0 bridgehead atoms. The molecule has 108 valence electrons. The topological polar surface area (TPSA) is 66.6 Å². The maximum Gasteiger partial charge on any atom is 0.256 e. The summed E-state index contributed by atoms with van der Waals surface area (Å²) in [7, 11) is 0. The molecule has 3 N–H and O–H groups in total. The molecule has 20 heavy (non-hydrogen) atoms. The Kier molecular flexibility index (Phi) is 3.38. The van der Waals surface area contributed by atoms with Crippen LogP contribution in [0.25, 0.3) is 0 Å². The highest BCUT2D eigenvalue weighted by Gasteiger charge is 2.39. The van der Waals surface area contributed by atoms with Crippen LogP contribution in [0.2, 0.25) is 0 Å². The van der Waals surface area contributed by atoms with Gasteiger partial charge >= 0.3 is 0 Å². The maximum absolute atomic E-state index is 13.8. The number of nitrogens with two attached hydrogens (primary N) is 1. The molecule has 0 aromatic heterocycles. The minimum atomic E-state index is -0.665. The minimum Gasteiger partial charge on any atom is -0.508 e. The van der Waals surface area contributed by atoms with E-state index < -0.39 is 5.82 Å². The lowest BCUT2D eigenvalue weighted by atomic mass is 9.79. The van der Waals surface area contributed by atoms with Gasteiger partial charge in [-0.05, 0) is 43.2 Å². The summed E-state index contributed by atoms with van der Waals surface area (Å²) in [4.78, 5) is 14.1. The van der Waals surface area contributed by atoms with E-state index in [2.05, 4.69) is 0 Å². The van der Waals surface area contributed by atoms with E-state index in [4.69, 9.17) is 5.73 Å². The molecule has 1 saturated carbocycles. The summed E-state index contributed by atoms with van der Waals surface area (Å²) in [5, 5.41) is 9.20. The predicted molar refractivity (Wildman–Crippen MR) is 72.8 cm³/mol. The van der Waals surface area contributed by atoms with Gasteiger partial charge in [0, 0.05) is 25.2 Å². The number of hydrogen-bond donors (Lipinski definition) is 2. The number of aromatic hydroxyl groups is 1. The maximum atomic E-state index is 13.8. The molecule has 2 fully saturated rings. The SMILES string of the molecule is NC1CC[C@@H]2CN(C(=O)c3ccc(O)cc3F)C[C@@H]2C1. The van der Waals surface area contributed by atoms with E-state index in [9.17, 15) is 14.3 Å². The third-order valence-corrected chi connectivity index (χ3v) is 4.56. The van der Waals surface area contributed by atoms with E-state index in [1.54, 1.807) is 4.90 Å². The fourth-order valence-electron chi connectivity index (χ4n) is 3.48. The summed E-state index contributed by atoms with van der Waals surface area (Å²) in [6.07, 6.45) is 3.01. The van der Waals surface area contributed by atoms with Crippen molar-refractivity contribution in [1.82, 2.24) is 4.90 Å². The number of fused-ring (bicyclic) bond motifs is 1. The zero-order valence-corrected chi connectivity index (χ0v) is 11.3. The summed E-state index contributed by atoms with van der Waals surface area (Å²) >= 11 is 0. The van der Waals surface area contributed by atoms with Gasteiger partial charge in [-0.25, -0.2) is 4.39 Å². The second-order valence-electron chi connectivity index (χ2n) is 5.97. The summed E-state index contributed by atoms with van der Waals surface area (Å²) in [5.74, 6) is -0.172. The van der Waals surface area contributed by atoms with Crippen molar-refractivity contribution < 1.29 is 14.3 Å². The second-order valence-corrected chi connectivity index (χ2v) is 5.97. The molecule has 0 radical (unpaired) electrons. The third kappa shape index (κ3) is 2.38. The highest BCUT2D eigenvalue weighted by Crippen LogP contribution is 2.36. The van der Waals surface area contributed by atoms with Crippen LogP contribution in [0.15, 0.2) is 18.2 Å². The van der Waals surface area contributed by atoms with Crippen molar-refractivity contribution in [2.24, 2.45) is 17.6 Å². The van der Waals surface area contributed by atoms with Crippen LogP contribution in [0.4, 0.5) is 4.39 Å². The number of phenols is 1. The number of halogens is 1. The summed E-state index contributed by atoms with van der Waals surface area (Å²) in [5.41, 5.74) is 6.01. The Balaban J connectivity index is 1.75. The Labute approximate surface area is 117 Å². The van der Waals surface area contributed by atoms with E-state index in [-0.39, 0.29) is 23.3 Å². The second kappa shape index (κ2) is 5.05. The van der Waals surface area contributed by atoms with E-state index >= 15 is 0 Å². The number of rotatable bonds is 1. The van der Waals surface area contributed by atoms with E-state index in [0.717, 1.165) is 25.3 Å². The van der Waals surface area contributed by atoms with Crippen molar-refractivity contribution in [2.75, 3.05) is 13.1 Å². The number of carbonyl (C=O) groups is 1. The molecule has 3 rings (SSSR count). The zero-order valence-electron chi connectivity index (χ0n) is 11.3. The largest absolute Gasteiger partial charge is 0.508 e. The lowest BCUT2D eigenvalue weighted by molar-refractivity contribution is 0.0779. The van der Waals surface area contributed by atoms with Crippen molar-refractivity contribution in [2.45, 2.75) is 25.3 Å². The van der Waals surface area contributed by atoms with Gasteiger partial charge in [0.05, 0.1) is 5.56 Å². The number of amides is 1. The summed E-state index contributed by atoms with van der Waals surface area (Å²) < 4.78 is 13.8. The average molecular weight is 278 g/mol. The third-order valence-electron chi connectivity index (χ3n) is 4.56. The molecular formula is C15H19FN2O2. The van der Waals surface area contributed by atoms with Gasteiger partial charge in [0.1, 0.15) is 11.6 Å². The van der Waals surface area contributed by atoms with Crippen LogP contribution < -0.4 is 5.73 Å². The molecule has 1 amide bonds. The van der Waals surface area contributed by atoms with Crippen LogP contribution in [0.1, 0.15) is 29.6 Å². The molecule has 1 heterocycles. The van der Waals surface area contributed by atoms with Gasteiger partial charge in [0.25, 0.3) is 5.91 Å². The highest BCUT2D eigenvalue weighted by molar-refractivity contribution is 5.94. The Morgan fingerprint density at radius 3 is 2.80 bits per heavy atom. The number of nitrogens with zero attached hydrogens (tertiary/aromatic N) is 1. The van der Waals surface area contributed by atoms with Crippen LogP contribution in [-0.4, -0.2) is 35.0 Å². The molecule has 0 spiro atoms. The molecule has 1 aromatic carbocycles. The first kappa shape index (κ1) is 13.4. The molecular weight excluding hydrogens is 259 g/mol. The lowest BCUT2D eigenvalue weighted by Gasteiger charge is -2.27. The fourth-order valence-corrected chi connectivity index (χ4v) is 3.48. The molecule has 2 aliphatic rings. The van der Waals surface area contributed by atoms with E-state index in [1.165, 1.54) is 12.1 Å². The average Bonchev–Trinajstić information content (AvgIpc) is 2.81. The van der Waals surface area contributed by atoms with Gasteiger partial charge in [-0.3, -0.25) is 4.79 Å². The van der Waals surface area contributed by atoms with Crippen LogP contribution in [-0.2, 0) is 0 Å². The molecule has 1 unspecified atom stereocenters. The van der Waals surface area contributed by atoms with E-state index in [1.807, 2.05) is 0 Å². The Bertz CT molecular complexity index is 535. The van der Waals surface area contributed by atoms with Gasteiger partial charge in [-0.1, -0.05) is 0 Å². The predicted octanol–water partition coefficient (Wildman–Crippen LogP) is 1.73. The lowest BCUT2D eigenvalue weighted by Crippen LogP contribution is -2.32. The molecule has 1 aromatic rings. The molecule has 1 aliphatic carbocycles. The molecule has 1 aliphatic heterocycles. The van der Waals surface area contributed by atoms with Crippen molar-refractivity contribution in [3.63, 3.8) is 0 Å². The standard InChI is InChI=1S/C15H19FN2O2/c16-14-6-12(19)3-4-13(14)15(20)18-7-9-1-2-11(17)5-10(9)8-18/h3-4,6,9-11,19H,1-2,5,7-8,17H2/t9-,10+,11?/m1/s1. The van der Waals surface area contributed by atoms with Crippen molar-refractivity contribution >= 4 is 5.91 Å². The Morgan fingerprint density at radius 1 is 1.30 bits per heavy atom. The molecule has 4 nitrogen and oxygen atoms in total. The normalized spacial score (nSPS) is 29.3. The van der Waals surface area contributed by atoms with Crippen LogP contribution >= 0.6 is 0 Å². The first-order chi connectivity index (χ1) is 9.54.